The molecule has 0 aromatic carbocycles. The molecule has 0 unspecified atom stereocenters. The van der Waals surface area contributed by atoms with Gasteiger partial charge < -0.3 is 4.74 Å². The van der Waals surface area contributed by atoms with Crippen molar-refractivity contribution in [2.45, 2.75) is 90.9 Å². The van der Waals surface area contributed by atoms with Crippen molar-refractivity contribution in [3.63, 3.8) is 0 Å². The molecular formula is C17H35NO2SZn. The molecule has 0 radical (unpaired) electrons. The Kier molecular flexibility index (Phi) is 21.5. The van der Waals surface area contributed by atoms with Crippen LogP contribution in [-0.2, 0) is 24.2 Å². The Bertz CT molecular complexity index is 243. The van der Waals surface area contributed by atoms with Crippen LogP contribution in [0, 0.1) is 0 Å². The van der Waals surface area contributed by atoms with Crippen LogP contribution in [0.15, 0.2) is 0 Å². The van der Waals surface area contributed by atoms with Gasteiger partial charge in [-0.15, -0.1) is 0 Å². The molecule has 22 heavy (non-hydrogen) atoms. The fraction of sp³-hybridized carbons (Fsp3) is 0.941. The maximum atomic E-state index is 11.7. The van der Waals surface area contributed by atoms with E-state index in [1.54, 1.807) is 0 Å². The van der Waals surface area contributed by atoms with E-state index in [4.69, 9.17) is 4.74 Å². The van der Waals surface area contributed by atoms with Crippen LogP contribution in [0.5, 0.6) is 0 Å². The Labute approximate surface area is 156 Å². The predicted molar refractivity (Wildman–Crippen MR) is 93.8 cm³/mol. The first-order valence-corrected chi connectivity index (χ1v) is 9.25. The first-order valence-electron chi connectivity index (χ1n) is 8.85. The van der Waals surface area contributed by atoms with Gasteiger partial charge in [-0.2, -0.15) is 0 Å². The molecule has 0 fully saturated rings. The van der Waals surface area contributed by atoms with Gasteiger partial charge in [0.2, 0.25) is 0 Å². The van der Waals surface area contributed by atoms with E-state index in [9.17, 15) is 4.79 Å². The topological polar surface area (TPSA) is 29.5 Å². The smallest absolute Gasteiger partial charge is 0.419 e. The van der Waals surface area contributed by atoms with Crippen LogP contribution in [0.2, 0.25) is 0 Å². The van der Waals surface area contributed by atoms with E-state index in [0.717, 1.165) is 19.3 Å². The predicted octanol–water partition coefficient (Wildman–Crippen LogP) is 5.99. The van der Waals surface area contributed by atoms with Crippen molar-refractivity contribution >= 4 is 18.9 Å². The zero-order chi connectivity index (χ0) is 15.8. The van der Waals surface area contributed by atoms with Gasteiger partial charge in [0.05, 0.1) is 6.61 Å². The van der Waals surface area contributed by atoms with Crippen LogP contribution < -0.4 is 0 Å². The molecular weight excluding hydrogens is 348 g/mol. The number of ether oxygens (including phenoxy) is 1. The second kappa shape index (κ2) is 19.3. The van der Waals surface area contributed by atoms with Crippen LogP contribution in [0.1, 0.15) is 90.9 Å². The van der Waals surface area contributed by atoms with Gasteiger partial charge in [-0.05, 0) is 12.8 Å². The molecule has 0 spiro atoms. The number of rotatable bonds is 14. The zero-order valence-corrected chi connectivity index (χ0v) is 18.7. The van der Waals surface area contributed by atoms with Gasteiger partial charge in [-0.25, -0.2) is 4.79 Å². The van der Waals surface area contributed by atoms with Crippen molar-refractivity contribution in [3.05, 3.63) is 0 Å². The van der Waals surface area contributed by atoms with E-state index in [1.807, 2.05) is 0 Å². The summed E-state index contributed by atoms with van der Waals surface area (Å²) in [4.78, 5) is 11.7. The Hall–Kier alpha value is 0.243. The fourth-order valence-corrected chi connectivity index (χ4v) is 2.45. The van der Waals surface area contributed by atoms with Crippen molar-refractivity contribution in [1.29, 1.82) is 0 Å². The minimum Gasteiger partial charge on any atom is -0.449 e. The fourth-order valence-electron chi connectivity index (χ4n) is 2.25. The maximum absolute atomic E-state index is 11.7. The molecule has 1 amide bonds. The van der Waals surface area contributed by atoms with Crippen LogP contribution in [0.4, 0.5) is 4.79 Å². The van der Waals surface area contributed by atoms with E-state index < -0.39 is 0 Å². The molecule has 0 atom stereocenters. The molecule has 0 aliphatic carbocycles. The second-order valence-electron chi connectivity index (χ2n) is 5.77. The van der Waals surface area contributed by atoms with Gasteiger partial charge in [0.1, 0.15) is 0 Å². The van der Waals surface area contributed by atoms with E-state index in [0.29, 0.717) is 13.2 Å². The number of hydrogen-bond acceptors (Lipinski definition) is 3. The zero-order valence-electron chi connectivity index (χ0n) is 14.8. The average molecular weight is 383 g/mol. The standard InChI is InChI=1S/C17H35NO2S.Zn/c1-3-5-7-9-11-13-15-18(21)17(19)20-16-14-12-10-8-6-4-2;/h21H,3-16H2,1-2H3;. The summed E-state index contributed by atoms with van der Waals surface area (Å²) >= 11 is 4.20. The van der Waals surface area contributed by atoms with Gasteiger partial charge in [-0.1, -0.05) is 90.9 Å². The molecule has 128 valence electrons. The summed E-state index contributed by atoms with van der Waals surface area (Å²) in [6.07, 6.45) is 14.2. The van der Waals surface area contributed by atoms with E-state index in [-0.39, 0.29) is 25.6 Å². The molecule has 0 saturated heterocycles. The SMILES string of the molecule is CCCCCCCCOC(=O)N(S)CCCCCCCC.[Zn]. The number of carbonyl (C=O) groups is 1. The van der Waals surface area contributed by atoms with Gasteiger partial charge >= 0.3 is 6.09 Å². The molecule has 0 heterocycles. The molecule has 0 aromatic rings. The first kappa shape index (κ1) is 24.5. The quantitative estimate of drug-likeness (QED) is 0.227. The Morgan fingerprint density at radius 1 is 0.818 bits per heavy atom. The van der Waals surface area contributed by atoms with Crippen molar-refractivity contribution < 1.29 is 29.0 Å². The number of unbranched alkanes of at least 4 members (excludes halogenated alkanes) is 10. The molecule has 0 aromatic heterocycles. The van der Waals surface area contributed by atoms with E-state index >= 15 is 0 Å². The summed E-state index contributed by atoms with van der Waals surface area (Å²) in [5.41, 5.74) is 0. The van der Waals surface area contributed by atoms with Crippen molar-refractivity contribution in [3.8, 4) is 0 Å². The average Bonchev–Trinajstić information content (AvgIpc) is 2.49. The molecule has 0 rings (SSSR count). The van der Waals surface area contributed by atoms with Gasteiger partial charge in [0.15, 0.2) is 0 Å². The number of nitrogens with zero attached hydrogens (tertiary/aromatic N) is 1. The summed E-state index contributed by atoms with van der Waals surface area (Å²) in [7, 11) is 0. The Morgan fingerprint density at radius 2 is 1.27 bits per heavy atom. The molecule has 0 N–H and O–H groups in total. The third-order valence-corrected chi connectivity index (χ3v) is 4.02. The summed E-state index contributed by atoms with van der Waals surface area (Å²) in [6.45, 7) is 5.64. The second-order valence-corrected chi connectivity index (χ2v) is 6.26. The van der Waals surface area contributed by atoms with Crippen LogP contribution in [0.25, 0.3) is 0 Å². The molecule has 0 aliphatic heterocycles. The molecule has 0 aliphatic rings. The third kappa shape index (κ3) is 16.6. The van der Waals surface area contributed by atoms with Crippen LogP contribution >= 0.6 is 12.8 Å². The molecule has 0 saturated carbocycles. The summed E-state index contributed by atoms with van der Waals surface area (Å²) in [5, 5.41) is 0. The number of carbonyl (C=O) groups excluding carboxylic acids is 1. The molecule has 5 heteroatoms. The number of hydrogen-bond donors (Lipinski definition) is 1. The summed E-state index contributed by atoms with van der Waals surface area (Å²) in [5.74, 6) is 0. The Morgan fingerprint density at radius 3 is 1.82 bits per heavy atom. The minimum atomic E-state index is -0.291. The van der Waals surface area contributed by atoms with Crippen molar-refractivity contribution in [1.82, 2.24) is 4.31 Å². The summed E-state index contributed by atoms with van der Waals surface area (Å²) in [6, 6.07) is 0. The van der Waals surface area contributed by atoms with Gasteiger partial charge in [0.25, 0.3) is 0 Å². The van der Waals surface area contributed by atoms with E-state index in [1.165, 1.54) is 62.1 Å². The number of amides is 1. The van der Waals surface area contributed by atoms with Crippen LogP contribution in [-0.4, -0.2) is 23.6 Å². The first-order chi connectivity index (χ1) is 10.2. The molecule has 3 nitrogen and oxygen atoms in total. The molecule has 0 bridgehead atoms. The van der Waals surface area contributed by atoms with Crippen LogP contribution in [0.3, 0.4) is 0 Å². The number of thiol groups is 1. The maximum Gasteiger partial charge on any atom is 0.419 e. The Balaban J connectivity index is 0. The monoisotopic (exact) mass is 381 g/mol. The van der Waals surface area contributed by atoms with Crippen molar-refractivity contribution in [2.24, 2.45) is 0 Å². The van der Waals surface area contributed by atoms with Gasteiger partial charge in [0, 0.05) is 26.0 Å². The normalized spacial score (nSPS) is 10.1. The summed E-state index contributed by atoms with van der Waals surface area (Å²) < 4.78 is 6.63. The largest absolute Gasteiger partial charge is 0.449 e. The van der Waals surface area contributed by atoms with Gasteiger partial charge in [-0.3, -0.25) is 4.31 Å². The third-order valence-electron chi connectivity index (χ3n) is 3.66. The minimum absolute atomic E-state index is 0. The van der Waals surface area contributed by atoms with Crippen molar-refractivity contribution in [2.75, 3.05) is 13.2 Å². The van der Waals surface area contributed by atoms with E-state index in [2.05, 4.69) is 26.7 Å².